The number of ether oxygens (including phenoxy) is 2. The second-order valence-electron chi connectivity index (χ2n) is 8.33. The highest BCUT2D eigenvalue weighted by molar-refractivity contribution is 6.35. The Labute approximate surface area is 182 Å². The number of rotatable bonds is 6. The highest BCUT2D eigenvalue weighted by atomic mass is 35.5. The van der Waals surface area contributed by atoms with E-state index in [4.69, 9.17) is 32.7 Å². The van der Waals surface area contributed by atoms with Gasteiger partial charge in [0.15, 0.2) is 0 Å². The first-order valence-corrected chi connectivity index (χ1v) is 10.6. The molecule has 1 N–H and O–H groups in total. The van der Waals surface area contributed by atoms with Gasteiger partial charge in [0.05, 0.1) is 6.54 Å². The number of halogens is 2. The van der Waals surface area contributed by atoms with E-state index in [0.717, 1.165) is 30.6 Å². The summed E-state index contributed by atoms with van der Waals surface area (Å²) in [5.41, 5.74) is 2.90. The predicted molar refractivity (Wildman–Crippen MR) is 117 cm³/mol. The Kier molecular flexibility index (Phi) is 7.10. The SMILES string of the molecule is CC(C)(C)OC(=O)CNC1CCc2cc(OCc3c(Cl)cccc3Cl)ccc2C1. The Morgan fingerprint density at radius 1 is 1.14 bits per heavy atom. The van der Waals surface area contributed by atoms with Gasteiger partial charge in [-0.2, -0.15) is 0 Å². The molecule has 1 aliphatic rings. The molecule has 29 heavy (non-hydrogen) atoms. The Hall–Kier alpha value is -1.75. The summed E-state index contributed by atoms with van der Waals surface area (Å²) in [5, 5.41) is 4.54. The van der Waals surface area contributed by atoms with Crippen LogP contribution >= 0.6 is 23.2 Å². The van der Waals surface area contributed by atoms with Crippen molar-refractivity contribution >= 4 is 29.2 Å². The number of hydrogen-bond donors (Lipinski definition) is 1. The van der Waals surface area contributed by atoms with Crippen molar-refractivity contribution in [3.05, 3.63) is 63.1 Å². The first kappa shape index (κ1) is 21.9. The topological polar surface area (TPSA) is 47.6 Å². The second kappa shape index (κ2) is 9.38. The van der Waals surface area contributed by atoms with E-state index in [1.165, 1.54) is 11.1 Å². The van der Waals surface area contributed by atoms with Crippen LogP contribution < -0.4 is 10.1 Å². The van der Waals surface area contributed by atoms with Crippen molar-refractivity contribution in [1.29, 1.82) is 0 Å². The zero-order valence-corrected chi connectivity index (χ0v) is 18.6. The molecule has 0 heterocycles. The minimum absolute atomic E-state index is 0.217. The number of carbonyl (C=O) groups excluding carboxylic acids is 1. The maximum Gasteiger partial charge on any atom is 0.320 e. The fourth-order valence-corrected chi connectivity index (χ4v) is 3.93. The molecule has 0 radical (unpaired) electrons. The predicted octanol–water partition coefficient (Wildman–Crippen LogP) is 5.36. The van der Waals surface area contributed by atoms with Gasteiger partial charge in [-0.25, -0.2) is 0 Å². The van der Waals surface area contributed by atoms with Crippen LogP contribution in [0.15, 0.2) is 36.4 Å². The van der Waals surface area contributed by atoms with Gasteiger partial charge in [0, 0.05) is 21.7 Å². The van der Waals surface area contributed by atoms with Gasteiger partial charge in [-0.15, -0.1) is 0 Å². The number of nitrogens with one attached hydrogen (secondary N) is 1. The van der Waals surface area contributed by atoms with Gasteiger partial charge >= 0.3 is 5.97 Å². The van der Waals surface area contributed by atoms with Gasteiger partial charge in [-0.3, -0.25) is 4.79 Å². The lowest BCUT2D eigenvalue weighted by Crippen LogP contribution is -2.40. The van der Waals surface area contributed by atoms with Crippen LogP contribution in [0.4, 0.5) is 0 Å². The van der Waals surface area contributed by atoms with E-state index in [2.05, 4.69) is 17.4 Å². The summed E-state index contributed by atoms with van der Waals surface area (Å²) in [4.78, 5) is 11.9. The third-order valence-electron chi connectivity index (χ3n) is 4.81. The normalized spacial score (nSPS) is 16.2. The number of hydrogen-bond acceptors (Lipinski definition) is 4. The van der Waals surface area contributed by atoms with Crippen molar-refractivity contribution in [3.63, 3.8) is 0 Å². The van der Waals surface area contributed by atoms with Crippen molar-refractivity contribution in [2.24, 2.45) is 0 Å². The molecule has 1 unspecified atom stereocenters. The zero-order valence-electron chi connectivity index (χ0n) is 17.1. The molecule has 6 heteroatoms. The monoisotopic (exact) mass is 435 g/mol. The minimum Gasteiger partial charge on any atom is -0.489 e. The molecular weight excluding hydrogens is 409 g/mol. The molecule has 4 nitrogen and oxygen atoms in total. The molecule has 1 atom stereocenters. The van der Waals surface area contributed by atoms with Crippen LogP contribution in [0.2, 0.25) is 10.0 Å². The summed E-state index contributed by atoms with van der Waals surface area (Å²) < 4.78 is 11.3. The van der Waals surface area contributed by atoms with E-state index in [9.17, 15) is 4.79 Å². The van der Waals surface area contributed by atoms with Gasteiger partial charge in [-0.05, 0) is 75.4 Å². The van der Waals surface area contributed by atoms with Crippen molar-refractivity contribution in [3.8, 4) is 5.75 Å². The summed E-state index contributed by atoms with van der Waals surface area (Å²) in [6.45, 7) is 6.19. The first-order valence-electron chi connectivity index (χ1n) is 9.84. The summed E-state index contributed by atoms with van der Waals surface area (Å²) in [6.07, 6.45) is 2.79. The lowest BCUT2D eigenvalue weighted by atomic mass is 9.88. The third kappa shape index (κ3) is 6.36. The highest BCUT2D eigenvalue weighted by Crippen LogP contribution is 2.29. The molecular formula is C23H27Cl2NO3. The molecule has 0 saturated carbocycles. The number of benzene rings is 2. The number of aryl methyl sites for hydroxylation is 1. The fourth-order valence-electron chi connectivity index (χ4n) is 3.43. The van der Waals surface area contributed by atoms with Crippen LogP contribution in [0.3, 0.4) is 0 Å². The number of fused-ring (bicyclic) bond motifs is 1. The first-order chi connectivity index (χ1) is 13.7. The summed E-state index contributed by atoms with van der Waals surface area (Å²) in [6, 6.07) is 11.9. The smallest absolute Gasteiger partial charge is 0.320 e. The molecule has 3 rings (SSSR count). The molecule has 2 aromatic rings. The fraction of sp³-hybridized carbons (Fsp3) is 0.435. The number of carbonyl (C=O) groups is 1. The van der Waals surface area contributed by atoms with Crippen LogP contribution in [0, 0.1) is 0 Å². The average Bonchev–Trinajstić information content (AvgIpc) is 2.64. The minimum atomic E-state index is -0.456. The summed E-state index contributed by atoms with van der Waals surface area (Å²) in [5.74, 6) is 0.588. The maximum absolute atomic E-state index is 11.9. The molecule has 0 aromatic heterocycles. The second-order valence-corrected chi connectivity index (χ2v) is 9.14. The van der Waals surface area contributed by atoms with Gasteiger partial charge in [-0.1, -0.05) is 35.3 Å². The highest BCUT2D eigenvalue weighted by Gasteiger charge is 2.21. The van der Waals surface area contributed by atoms with Crippen molar-refractivity contribution in [2.45, 2.75) is 58.3 Å². The van der Waals surface area contributed by atoms with Crippen LogP contribution in [0.5, 0.6) is 5.75 Å². The molecule has 2 aromatic carbocycles. The van der Waals surface area contributed by atoms with Gasteiger partial charge in [0.1, 0.15) is 18.0 Å². The molecule has 0 aliphatic heterocycles. The number of esters is 1. The molecule has 0 amide bonds. The molecule has 0 bridgehead atoms. The Morgan fingerprint density at radius 2 is 1.86 bits per heavy atom. The standard InChI is InChI=1S/C23H27Cl2NO3/c1-23(2,3)29-22(27)13-26-17-9-7-16-12-18(10-8-15(16)11-17)28-14-19-20(24)5-4-6-21(19)25/h4-6,8,10,12,17,26H,7,9,11,13-14H2,1-3H3. The van der Waals surface area contributed by atoms with Crippen LogP contribution in [-0.4, -0.2) is 24.2 Å². The largest absolute Gasteiger partial charge is 0.489 e. The van der Waals surface area contributed by atoms with E-state index in [0.29, 0.717) is 16.7 Å². The summed E-state index contributed by atoms with van der Waals surface area (Å²) >= 11 is 12.4. The van der Waals surface area contributed by atoms with Crippen molar-refractivity contribution in [2.75, 3.05) is 6.54 Å². The van der Waals surface area contributed by atoms with Crippen LogP contribution in [-0.2, 0) is 29.0 Å². The van der Waals surface area contributed by atoms with E-state index in [-0.39, 0.29) is 18.6 Å². The lowest BCUT2D eigenvalue weighted by molar-refractivity contribution is -0.153. The van der Waals surface area contributed by atoms with E-state index < -0.39 is 5.60 Å². The van der Waals surface area contributed by atoms with Gasteiger partial charge in [0.2, 0.25) is 0 Å². The Bertz CT molecular complexity index is 857. The molecule has 0 saturated heterocycles. The third-order valence-corrected chi connectivity index (χ3v) is 5.51. The van der Waals surface area contributed by atoms with Crippen molar-refractivity contribution < 1.29 is 14.3 Å². The quantitative estimate of drug-likeness (QED) is 0.620. The molecule has 156 valence electrons. The molecule has 0 spiro atoms. The summed E-state index contributed by atoms with van der Waals surface area (Å²) in [7, 11) is 0. The Morgan fingerprint density at radius 3 is 2.55 bits per heavy atom. The van der Waals surface area contributed by atoms with E-state index in [1.54, 1.807) is 0 Å². The van der Waals surface area contributed by atoms with E-state index >= 15 is 0 Å². The van der Waals surface area contributed by atoms with Gasteiger partial charge in [0.25, 0.3) is 0 Å². The average molecular weight is 436 g/mol. The van der Waals surface area contributed by atoms with E-state index in [1.807, 2.05) is 45.0 Å². The Balaban J connectivity index is 1.55. The lowest BCUT2D eigenvalue weighted by Gasteiger charge is -2.26. The molecule has 1 aliphatic carbocycles. The van der Waals surface area contributed by atoms with Crippen LogP contribution in [0.1, 0.15) is 43.9 Å². The van der Waals surface area contributed by atoms with Gasteiger partial charge < -0.3 is 14.8 Å². The molecule has 0 fully saturated rings. The van der Waals surface area contributed by atoms with Crippen LogP contribution in [0.25, 0.3) is 0 Å². The maximum atomic E-state index is 11.9. The zero-order chi connectivity index (χ0) is 21.0. The van der Waals surface area contributed by atoms with Crippen molar-refractivity contribution in [1.82, 2.24) is 5.32 Å².